The van der Waals surface area contributed by atoms with Gasteiger partial charge < -0.3 is 15.4 Å². The maximum atomic E-state index is 11.5. The molecule has 0 saturated carbocycles. The van der Waals surface area contributed by atoms with E-state index >= 15 is 0 Å². The maximum Gasteiger partial charge on any atom is 0.337 e. The Morgan fingerprint density at radius 3 is 2.37 bits per heavy atom. The van der Waals surface area contributed by atoms with Crippen LogP contribution in [0, 0.1) is 5.92 Å². The zero-order chi connectivity index (χ0) is 14.3. The van der Waals surface area contributed by atoms with Gasteiger partial charge in [0.25, 0.3) is 0 Å². The molecule has 0 spiro atoms. The third-order valence-corrected chi connectivity index (χ3v) is 2.47. The van der Waals surface area contributed by atoms with Crippen LogP contribution in [0.3, 0.4) is 0 Å². The number of nitrogens with one attached hydrogen (secondary N) is 2. The third-order valence-electron chi connectivity index (χ3n) is 2.47. The van der Waals surface area contributed by atoms with Gasteiger partial charge in [0.1, 0.15) is 0 Å². The van der Waals surface area contributed by atoms with Crippen molar-refractivity contribution in [2.24, 2.45) is 5.92 Å². The maximum absolute atomic E-state index is 11.5. The first-order valence-electron chi connectivity index (χ1n) is 6.22. The molecule has 0 unspecified atom stereocenters. The van der Waals surface area contributed by atoms with Crippen LogP contribution in [-0.4, -0.2) is 32.1 Å². The molecule has 2 N–H and O–H groups in total. The second-order valence-electron chi connectivity index (χ2n) is 4.62. The number of hydrogen-bond donors (Lipinski definition) is 2. The van der Waals surface area contributed by atoms with Gasteiger partial charge in [-0.2, -0.15) is 0 Å². The van der Waals surface area contributed by atoms with Crippen LogP contribution < -0.4 is 10.6 Å². The van der Waals surface area contributed by atoms with Crippen molar-refractivity contribution >= 4 is 17.6 Å². The fourth-order valence-electron chi connectivity index (χ4n) is 1.40. The summed E-state index contributed by atoms with van der Waals surface area (Å²) in [5.74, 6) is 0.00950. The molecule has 1 rings (SSSR count). The molecule has 0 heterocycles. The Morgan fingerprint density at radius 2 is 1.84 bits per heavy atom. The van der Waals surface area contributed by atoms with Crippen molar-refractivity contribution in [3.05, 3.63) is 29.8 Å². The molecule has 1 aromatic carbocycles. The zero-order valence-corrected chi connectivity index (χ0v) is 11.5. The largest absolute Gasteiger partial charge is 0.465 e. The summed E-state index contributed by atoms with van der Waals surface area (Å²) in [6.45, 7) is 4.96. The van der Waals surface area contributed by atoms with Gasteiger partial charge in [-0.05, 0) is 30.2 Å². The highest BCUT2D eigenvalue weighted by molar-refractivity contribution is 5.89. The molecule has 0 aromatic heterocycles. The molecule has 0 radical (unpaired) electrons. The summed E-state index contributed by atoms with van der Waals surface area (Å²) >= 11 is 0. The van der Waals surface area contributed by atoms with Crippen molar-refractivity contribution < 1.29 is 14.3 Å². The van der Waals surface area contributed by atoms with Crippen LogP contribution in [0.15, 0.2) is 24.3 Å². The molecule has 0 bridgehead atoms. The normalized spacial score (nSPS) is 10.1. The molecule has 1 amide bonds. The second kappa shape index (κ2) is 7.41. The van der Waals surface area contributed by atoms with Gasteiger partial charge >= 0.3 is 5.97 Å². The summed E-state index contributed by atoms with van der Waals surface area (Å²) in [6, 6.07) is 6.78. The monoisotopic (exact) mass is 264 g/mol. The molecule has 5 nitrogen and oxygen atoms in total. The molecule has 19 heavy (non-hydrogen) atoms. The number of anilines is 1. The summed E-state index contributed by atoms with van der Waals surface area (Å²) in [5.41, 5.74) is 1.27. The average molecular weight is 264 g/mol. The van der Waals surface area contributed by atoms with Crippen molar-refractivity contribution in [3.8, 4) is 0 Å². The van der Waals surface area contributed by atoms with Crippen molar-refractivity contribution in [2.75, 3.05) is 25.5 Å². The van der Waals surface area contributed by atoms with Gasteiger partial charge in [0, 0.05) is 12.2 Å². The van der Waals surface area contributed by atoms with Crippen molar-refractivity contribution in [2.45, 2.75) is 13.8 Å². The van der Waals surface area contributed by atoms with Gasteiger partial charge in [0.2, 0.25) is 5.91 Å². The number of esters is 1. The first-order valence-corrected chi connectivity index (χ1v) is 6.22. The lowest BCUT2D eigenvalue weighted by Crippen LogP contribution is -2.32. The van der Waals surface area contributed by atoms with E-state index in [0.717, 1.165) is 5.69 Å². The fraction of sp³-hybridized carbons (Fsp3) is 0.429. The average Bonchev–Trinajstić information content (AvgIpc) is 2.42. The van der Waals surface area contributed by atoms with Crippen LogP contribution in [0.1, 0.15) is 24.2 Å². The Hall–Kier alpha value is -2.04. The number of amides is 1. The van der Waals surface area contributed by atoms with Gasteiger partial charge in [-0.15, -0.1) is 0 Å². The van der Waals surface area contributed by atoms with E-state index in [1.165, 1.54) is 7.11 Å². The summed E-state index contributed by atoms with van der Waals surface area (Å²) < 4.78 is 4.61. The van der Waals surface area contributed by atoms with E-state index in [9.17, 15) is 9.59 Å². The van der Waals surface area contributed by atoms with E-state index in [0.29, 0.717) is 18.0 Å². The fourth-order valence-corrected chi connectivity index (χ4v) is 1.40. The number of rotatable bonds is 6. The highest BCUT2D eigenvalue weighted by Gasteiger charge is 2.05. The molecule has 0 aliphatic heterocycles. The van der Waals surface area contributed by atoms with Gasteiger partial charge in [-0.25, -0.2) is 4.79 Å². The molecule has 0 aliphatic rings. The minimum atomic E-state index is -0.374. The van der Waals surface area contributed by atoms with Gasteiger partial charge in [-0.1, -0.05) is 13.8 Å². The molecule has 0 aliphatic carbocycles. The molecular formula is C14H20N2O3. The van der Waals surface area contributed by atoms with E-state index in [2.05, 4.69) is 15.4 Å². The predicted octanol–water partition coefficient (Wildman–Crippen LogP) is 1.66. The minimum Gasteiger partial charge on any atom is -0.465 e. The molecule has 0 atom stereocenters. The lowest BCUT2D eigenvalue weighted by molar-refractivity contribution is -0.119. The predicted molar refractivity (Wildman–Crippen MR) is 74.1 cm³/mol. The SMILES string of the molecule is COC(=O)c1ccc(NCC(=O)NCC(C)C)cc1. The van der Waals surface area contributed by atoms with E-state index < -0.39 is 0 Å². The Kier molecular flexibility index (Phi) is 5.85. The summed E-state index contributed by atoms with van der Waals surface area (Å²) in [7, 11) is 1.34. The second-order valence-corrected chi connectivity index (χ2v) is 4.62. The molecule has 1 aromatic rings. The molecule has 5 heteroatoms. The van der Waals surface area contributed by atoms with Crippen LogP contribution in [0.4, 0.5) is 5.69 Å². The van der Waals surface area contributed by atoms with E-state index in [4.69, 9.17) is 0 Å². The number of benzene rings is 1. The molecule has 0 saturated heterocycles. The lowest BCUT2D eigenvalue weighted by atomic mass is 10.2. The first kappa shape index (κ1) is 15.0. The smallest absolute Gasteiger partial charge is 0.337 e. The number of carbonyl (C=O) groups is 2. The summed E-state index contributed by atoms with van der Waals surface area (Å²) in [5, 5.41) is 5.80. The lowest BCUT2D eigenvalue weighted by Gasteiger charge is -2.09. The summed E-state index contributed by atoms with van der Waals surface area (Å²) in [6.07, 6.45) is 0. The van der Waals surface area contributed by atoms with E-state index in [1.54, 1.807) is 24.3 Å². The van der Waals surface area contributed by atoms with E-state index in [-0.39, 0.29) is 18.4 Å². The van der Waals surface area contributed by atoms with Crippen molar-refractivity contribution in [1.82, 2.24) is 5.32 Å². The highest BCUT2D eigenvalue weighted by atomic mass is 16.5. The number of methoxy groups -OCH3 is 1. The minimum absolute atomic E-state index is 0.0502. The van der Waals surface area contributed by atoms with Crippen LogP contribution >= 0.6 is 0 Å². The zero-order valence-electron chi connectivity index (χ0n) is 11.5. The van der Waals surface area contributed by atoms with Crippen molar-refractivity contribution in [1.29, 1.82) is 0 Å². The van der Waals surface area contributed by atoms with Crippen LogP contribution in [0.5, 0.6) is 0 Å². The molecule has 0 fully saturated rings. The Morgan fingerprint density at radius 1 is 1.21 bits per heavy atom. The quantitative estimate of drug-likeness (QED) is 0.767. The van der Waals surface area contributed by atoms with Crippen LogP contribution in [-0.2, 0) is 9.53 Å². The number of carbonyl (C=O) groups excluding carboxylic acids is 2. The Balaban J connectivity index is 2.41. The molecular weight excluding hydrogens is 244 g/mol. The van der Waals surface area contributed by atoms with Gasteiger partial charge in [-0.3, -0.25) is 4.79 Å². The highest BCUT2D eigenvalue weighted by Crippen LogP contribution is 2.09. The topological polar surface area (TPSA) is 67.4 Å². The van der Waals surface area contributed by atoms with Crippen LogP contribution in [0.25, 0.3) is 0 Å². The van der Waals surface area contributed by atoms with Crippen molar-refractivity contribution in [3.63, 3.8) is 0 Å². The standard InChI is InChI=1S/C14H20N2O3/c1-10(2)8-16-13(17)9-15-12-6-4-11(5-7-12)14(18)19-3/h4-7,10,15H,8-9H2,1-3H3,(H,16,17). The van der Waals surface area contributed by atoms with Gasteiger partial charge in [0.15, 0.2) is 0 Å². The van der Waals surface area contributed by atoms with Crippen LogP contribution in [0.2, 0.25) is 0 Å². The number of hydrogen-bond acceptors (Lipinski definition) is 4. The van der Waals surface area contributed by atoms with E-state index in [1.807, 2.05) is 13.8 Å². The number of ether oxygens (including phenoxy) is 1. The van der Waals surface area contributed by atoms with Gasteiger partial charge in [0.05, 0.1) is 19.2 Å². The first-order chi connectivity index (χ1) is 9.02. The Bertz CT molecular complexity index is 427. The summed E-state index contributed by atoms with van der Waals surface area (Å²) in [4.78, 5) is 22.7. The molecule has 104 valence electrons. The Labute approximate surface area is 113 Å². The third kappa shape index (κ3) is 5.42.